The first-order chi connectivity index (χ1) is 23.8. The van der Waals surface area contributed by atoms with E-state index in [0.29, 0.717) is 0 Å². The van der Waals surface area contributed by atoms with Gasteiger partial charge in [-0.15, -0.1) is 0 Å². The molecule has 220 valence electrons. The minimum absolute atomic E-state index is 1.24. The molecule has 0 N–H and O–H groups in total. The Labute approximate surface area is 277 Å². The second kappa shape index (κ2) is 9.64. The molecule has 0 amide bonds. The molecule has 0 aliphatic carbocycles. The summed E-state index contributed by atoms with van der Waals surface area (Å²) >= 11 is 0. The van der Waals surface area contributed by atoms with Crippen LogP contribution in [0.3, 0.4) is 0 Å². The number of fused-ring (bicyclic) bond motifs is 8. The van der Waals surface area contributed by atoms with Gasteiger partial charge < -0.3 is 0 Å². The van der Waals surface area contributed by atoms with E-state index in [2.05, 4.69) is 170 Å². The van der Waals surface area contributed by atoms with Gasteiger partial charge in [0.2, 0.25) is 0 Å². The smallest absolute Gasteiger partial charge is 0.000696 e. The lowest BCUT2D eigenvalue weighted by atomic mass is 9.88. The maximum atomic E-state index is 2.41. The fraction of sp³-hybridized carbons (Fsp3) is 0. The topological polar surface area (TPSA) is 0 Å². The molecule has 0 aromatic heterocycles. The Balaban J connectivity index is 1.36. The van der Waals surface area contributed by atoms with Crippen molar-refractivity contribution in [3.05, 3.63) is 170 Å². The third-order valence-electron chi connectivity index (χ3n) is 10.7. The van der Waals surface area contributed by atoms with Crippen LogP contribution < -0.4 is 0 Å². The van der Waals surface area contributed by atoms with Crippen LogP contribution in [-0.2, 0) is 0 Å². The predicted molar refractivity (Wildman–Crippen MR) is 208 cm³/mol. The lowest BCUT2D eigenvalue weighted by Crippen LogP contribution is -1.88. The molecule has 0 aliphatic rings. The van der Waals surface area contributed by atoms with E-state index in [4.69, 9.17) is 0 Å². The molecule has 11 aromatic carbocycles. The van der Waals surface area contributed by atoms with E-state index in [0.717, 1.165) is 0 Å². The zero-order valence-electron chi connectivity index (χ0n) is 26.2. The second-order valence-corrected chi connectivity index (χ2v) is 13.1. The molecule has 0 spiro atoms. The summed E-state index contributed by atoms with van der Waals surface area (Å²) < 4.78 is 0. The van der Waals surface area contributed by atoms with Crippen molar-refractivity contribution < 1.29 is 0 Å². The average Bonchev–Trinajstić information content (AvgIpc) is 3.67. The zero-order valence-corrected chi connectivity index (χ0v) is 26.2. The summed E-state index contributed by atoms with van der Waals surface area (Å²) in [4.78, 5) is 0. The Morgan fingerprint density at radius 3 is 1.52 bits per heavy atom. The number of hydrogen-bond donors (Lipinski definition) is 0. The molecule has 0 radical (unpaired) electrons. The van der Waals surface area contributed by atoms with Crippen LogP contribution in [0, 0.1) is 0 Å². The van der Waals surface area contributed by atoms with E-state index in [1.54, 1.807) is 0 Å². The summed E-state index contributed by atoms with van der Waals surface area (Å²) in [6.07, 6.45) is 0. The minimum Gasteiger partial charge on any atom is -0.0622 e. The molecule has 0 unspecified atom stereocenters. The predicted octanol–water partition coefficient (Wildman–Crippen LogP) is 13.6. The van der Waals surface area contributed by atoms with Crippen LogP contribution in [0.25, 0.3) is 109 Å². The molecule has 0 heteroatoms. The molecule has 0 saturated heterocycles. The van der Waals surface area contributed by atoms with Gasteiger partial charge in [-0.05, 0) is 121 Å². The fourth-order valence-corrected chi connectivity index (χ4v) is 8.79. The molecule has 48 heavy (non-hydrogen) atoms. The summed E-state index contributed by atoms with van der Waals surface area (Å²) in [5.74, 6) is 0. The molecule has 0 heterocycles. The van der Waals surface area contributed by atoms with Gasteiger partial charge in [0, 0.05) is 0 Å². The molecular formula is C48H28. The minimum atomic E-state index is 1.24. The van der Waals surface area contributed by atoms with Crippen LogP contribution in [0.4, 0.5) is 0 Å². The lowest BCUT2D eigenvalue weighted by molar-refractivity contribution is 1.63. The van der Waals surface area contributed by atoms with Crippen molar-refractivity contribution in [2.24, 2.45) is 0 Å². The monoisotopic (exact) mass is 604 g/mol. The fourth-order valence-electron chi connectivity index (χ4n) is 8.79. The van der Waals surface area contributed by atoms with Crippen molar-refractivity contribution in [2.75, 3.05) is 0 Å². The van der Waals surface area contributed by atoms with E-state index in [-0.39, 0.29) is 0 Å². The van der Waals surface area contributed by atoms with Crippen LogP contribution in [0.2, 0.25) is 0 Å². The van der Waals surface area contributed by atoms with Crippen LogP contribution in [0.1, 0.15) is 0 Å². The maximum absolute atomic E-state index is 2.41. The number of rotatable bonds is 3. The van der Waals surface area contributed by atoms with Gasteiger partial charge >= 0.3 is 0 Å². The summed E-state index contributed by atoms with van der Waals surface area (Å²) in [6.45, 7) is 0. The van der Waals surface area contributed by atoms with Gasteiger partial charge in [0.1, 0.15) is 0 Å². The van der Waals surface area contributed by atoms with E-state index >= 15 is 0 Å². The molecule has 0 saturated carbocycles. The lowest BCUT2D eigenvalue weighted by Gasteiger charge is -2.15. The Morgan fingerprint density at radius 2 is 0.750 bits per heavy atom. The molecular weight excluding hydrogens is 577 g/mol. The Kier molecular flexibility index (Phi) is 5.20. The van der Waals surface area contributed by atoms with Gasteiger partial charge in [-0.1, -0.05) is 158 Å². The zero-order chi connectivity index (χ0) is 31.3. The first kappa shape index (κ1) is 25.9. The second-order valence-electron chi connectivity index (χ2n) is 13.1. The SMILES string of the molecule is c1ccc(-c2cc3ccccc3cc2-c2ccc3c4c2cccc4c2c(-c4ccccc4)c4cccc5c6ccccc6c(c45)c32)cc1. The quantitative estimate of drug-likeness (QED) is 0.188. The van der Waals surface area contributed by atoms with Gasteiger partial charge in [0.25, 0.3) is 0 Å². The third kappa shape index (κ3) is 3.39. The summed E-state index contributed by atoms with van der Waals surface area (Å²) in [6, 6.07) is 63.0. The van der Waals surface area contributed by atoms with Crippen LogP contribution in [0.15, 0.2) is 170 Å². The van der Waals surface area contributed by atoms with Gasteiger partial charge in [0.15, 0.2) is 0 Å². The number of hydrogen-bond acceptors (Lipinski definition) is 0. The van der Waals surface area contributed by atoms with Crippen molar-refractivity contribution in [2.45, 2.75) is 0 Å². The Bertz CT molecular complexity index is 3020. The molecule has 0 atom stereocenters. The highest BCUT2D eigenvalue weighted by Crippen LogP contribution is 2.54. The summed E-state index contributed by atoms with van der Waals surface area (Å²) in [5, 5.41) is 18.7. The first-order valence-electron chi connectivity index (χ1n) is 16.8. The van der Waals surface area contributed by atoms with E-state index in [1.807, 2.05) is 0 Å². The highest BCUT2D eigenvalue weighted by Gasteiger charge is 2.25. The molecule has 0 fully saturated rings. The van der Waals surface area contributed by atoms with Crippen LogP contribution in [-0.4, -0.2) is 0 Å². The van der Waals surface area contributed by atoms with Crippen molar-refractivity contribution in [3.8, 4) is 33.4 Å². The standard InChI is InChI=1S/C48H28/c1-3-13-29(14-4-1)41-27-31-17-7-8-18-32(31)28-42(41)34-25-26-40-44-35(34)21-11-24-39(44)47-43(30-15-5-2-6-16-30)38-23-12-22-36-33-19-9-10-20-37(33)46(45(36)38)48(40)47/h1-28H. The van der Waals surface area contributed by atoms with Gasteiger partial charge in [-0.25, -0.2) is 0 Å². The van der Waals surface area contributed by atoms with E-state index in [1.165, 1.54) is 109 Å². The van der Waals surface area contributed by atoms with Crippen LogP contribution in [0.5, 0.6) is 0 Å². The average molecular weight is 605 g/mol. The van der Waals surface area contributed by atoms with Crippen molar-refractivity contribution in [3.63, 3.8) is 0 Å². The van der Waals surface area contributed by atoms with Gasteiger partial charge in [-0.3, -0.25) is 0 Å². The largest absolute Gasteiger partial charge is 0.0622 e. The first-order valence-corrected chi connectivity index (χ1v) is 16.8. The highest BCUT2D eigenvalue weighted by molar-refractivity contribution is 6.48. The van der Waals surface area contributed by atoms with Crippen molar-refractivity contribution in [1.29, 1.82) is 0 Å². The Morgan fingerprint density at radius 1 is 0.229 bits per heavy atom. The third-order valence-corrected chi connectivity index (χ3v) is 10.7. The van der Waals surface area contributed by atoms with E-state index < -0.39 is 0 Å². The van der Waals surface area contributed by atoms with Crippen LogP contribution >= 0.6 is 0 Å². The molecule has 11 rings (SSSR count). The van der Waals surface area contributed by atoms with E-state index in [9.17, 15) is 0 Å². The van der Waals surface area contributed by atoms with Crippen molar-refractivity contribution >= 4 is 75.4 Å². The highest BCUT2D eigenvalue weighted by atomic mass is 14.3. The van der Waals surface area contributed by atoms with Gasteiger partial charge in [0.05, 0.1) is 0 Å². The molecule has 11 aromatic rings. The normalized spacial score (nSPS) is 12.2. The Hall–Kier alpha value is -6.24. The molecule has 0 bridgehead atoms. The maximum Gasteiger partial charge on any atom is -0.000696 e. The summed E-state index contributed by atoms with van der Waals surface area (Å²) in [7, 11) is 0. The van der Waals surface area contributed by atoms with Gasteiger partial charge in [-0.2, -0.15) is 0 Å². The molecule has 0 aliphatic heterocycles. The molecule has 0 nitrogen and oxygen atoms in total. The van der Waals surface area contributed by atoms with Crippen molar-refractivity contribution in [1.82, 2.24) is 0 Å². The number of benzene rings is 9. The summed E-state index contributed by atoms with van der Waals surface area (Å²) in [5.41, 5.74) is 7.64.